The molecule has 2 aliphatic rings. The van der Waals surface area contributed by atoms with Gasteiger partial charge in [0.05, 0.1) is 31.1 Å². The highest BCUT2D eigenvalue weighted by Crippen LogP contribution is 2.30. The van der Waals surface area contributed by atoms with Gasteiger partial charge in [-0.3, -0.25) is 0 Å². The molecule has 1 saturated carbocycles. The average molecular weight is 263 g/mol. The first-order chi connectivity index (χ1) is 8.15. The van der Waals surface area contributed by atoms with Crippen molar-refractivity contribution < 1.29 is 17.9 Å². The summed E-state index contributed by atoms with van der Waals surface area (Å²) in [5.41, 5.74) is 0. The van der Waals surface area contributed by atoms with Gasteiger partial charge < -0.3 is 9.47 Å². The molecule has 0 bridgehead atoms. The van der Waals surface area contributed by atoms with E-state index in [0.29, 0.717) is 13.2 Å². The molecule has 2 atom stereocenters. The predicted octanol–water partition coefficient (Wildman–Crippen LogP) is 0.606. The number of morpholine rings is 1. The van der Waals surface area contributed by atoms with Gasteiger partial charge in [0.15, 0.2) is 0 Å². The van der Waals surface area contributed by atoms with E-state index in [1.165, 1.54) is 7.11 Å². The molecule has 0 aromatic carbocycles. The molecule has 2 fully saturated rings. The monoisotopic (exact) mass is 263 g/mol. The summed E-state index contributed by atoms with van der Waals surface area (Å²) < 4.78 is 36.6. The summed E-state index contributed by atoms with van der Waals surface area (Å²) in [6, 6.07) is 0.0550. The van der Waals surface area contributed by atoms with E-state index in [-0.39, 0.29) is 24.5 Å². The van der Waals surface area contributed by atoms with Crippen molar-refractivity contribution >= 4 is 10.0 Å². The van der Waals surface area contributed by atoms with Crippen LogP contribution >= 0.6 is 0 Å². The lowest BCUT2D eigenvalue weighted by atomic mass is 9.91. The molecular formula is C11H21NO4S. The molecule has 1 aliphatic carbocycles. The fraction of sp³-hybridized carbons (Fsp3) is 1.00. The number of ether oxygens (including phenoxy) is 2. The molecule has 0 unspecified atom stereocenters. The van der Waals surface area contributed by atoms with Crippen molar-refractivity contribution in [2.45, 2.75) is 37.8 Å². The fourth-order valence-corrected chi connectivity index (χ4v) is 4.33. The maximum absolute atomic E-state index is 12.2. The van der Waals surface area contributed by atoms with Crippen molar-refractivity contribution in [3.63, 3.8) is 0 Å². The number of nitrogens with zero attached hydrogens (tertiary/aromatic N) is 1. The zero-order valence-electron chi connectivity index (χ0n) is 10.3. The number of fused-ring (bicyclic) bond motifs is 1. The van der Waals surface area contributed by atoms with Crippen LogP contribution in [-0.4, -0.2) is 57.5 Å². The molecule has 0 amide bonds. The average Bonchev–Trinajstić information content (AvgIpc) is 2.36. The Balaban J connectivity index is 2.07. The molecule has 0 radical (unpaired) electrons. The first kappa shape index (κ1) is 13.3. The highest BCUT2D eigenvalue weighted by Gasteiger charge is 2.39. The first-order valence-corrected chi connectivity index (χ1v) is 7.86. The van der Waals surface area contributed by atoms with Crippen LogP contribution in [0.1, 0.15) is 25.7 Å². The fourth-order valence-electron chi connectivity index (χ4n) is 2.71. The highest BCUT2D eigenvalue weighted by atomic mass is 32.2. The van der Waals surface area contributed by atoms with Crippen LogP contribution in [0.3, 0.4) is 0 Å². The Hall–Kier alpha value is -0.170. The summed E-state index contributed by atoms with van der Waals surface area (Å²) in [7, 11) is -1.66. The van der Waals surface area contributed by atoms with E-state index in [9.17, 15) is 8.42 Å². The smallest absolute Gasteiger partial charge is 0.216 e. The molecule has 1 aliphatic heterocycles. The topological polar surface area (TPSA) is 55.8 Å². The molecule has 0 aromatic rings. The lowest BCUT2D eigenvalue weighted by Gasteiger charge is -2.42. The molecule has 5 nitrogen and oxygen atoms in total. The van der Waals surface area contributed by atoms with Crippen molar-refractivity contribution in [1.29, 1.82) is 0 Å². The molecule has 1 saturated heterocycles. The summed E-state index contributed by atoms with van der Waals surface area (Å²) in [6.45, 7) is 1.28. The van der Waals surface area contributed by atoms with Crippen LogP contribution in [-0.2, 0) is 19.5 Å². The summed E-state index contributed by atoms with van der Waals surface area (Å²) >= 11 is 0. The lowest BCUT2D eigenvalue weighted by molar-refractivity contribution is -0.0587. The molecule has 0 N–H and O–H groups in total. The third-order valence-corrected chi connectivity index (χ3v) is 5.43. The first-order valence-electron chi connectivity index (χ1n) is 6.25. The summed E-state index contributed by atoms with van der Waals surface area (Å²) in [4.78, 5) is 0. The maximum atomic E-state index is 12.2. The van der Waals surface area contributed by atoms with Crippen LogP contribution in [0.2, 0.25) is 0 Å². The Bertz CT molecular complexity index is 341. The van der Waals surface area contributed by atoms with E-state index in [4.69, 9.17) is 9.47 Å². The van der Waals surface area contributed by atoms with Gasteiger partial charge in [0.2, 0.25) is 10.0 Å². The van der Waals surface area contributed by atoms with Gasteiger partial charge in [0.1, 0.15) is 0 Å². The van der Waals surface area contributed by atoms with Gasteiger partial charge in [0.25, 0.3) is 0 Å². The number of hydrogen-bond acceptors (Lipinski definition) is 4. The zero-order chi connectivity index (χ0) is 12.3. The molecule has 0 spiro atoms. The number of rotatable bonds is 4. The number of methoxy groups -OCH3 is 1. The van der Waals surface area contributed by atoms with Crippen LogP contribution < -0.4 is 0 Å². The van der Waals surface area contributed by atoms with E-state index < -0.39 is 10.0 Å². The third-order valence-electron chi connectivity index (χ3n) is 3.58. The lowest BCUT2D eigenvalue weighted by Crippen LogP contribution is -2.55. The summed E-state index contributed by atoms with van der Waals surface area (Å²) in [5, 5.41) is 0. The van der Waals surface area contributed by atoms with Crippen LogP contribution in [0, 0.1) is 0 Å². The molecule has 6 heteroatoms. The van der Waals surface area contributed by atoms with Crippen molar-refractivity contribution in [2.24, 2.45) is 0 Å². The number of hydrogen-bond donors (Lipinski definition) is 0. The van der Waals surface area contributed by atoms with Gasteiger partial charge in [-0.05, 0) is 12.8 Å². The Morgan fingerprint density at radius 2 is 2.12 bits per heavy atom. The van der Waals surface area contributed by atoms with Gasteiger partial charge in [-0.1, -0.05) is 12.8 Å². The van der Waals surface area contributed by atoms with Crippen LogP contribution in [0.4, 0.5) is 0 Å². The standard InChI is InChI=1S/C11H21NO4S/c1-15-8-9-17(13,14)12-6-7-16-11-5-3-2-4-10(11)12/h10-11H,2-9H2,1H3/t10-,11-/m0/s1. The van der Waals surface area contributed by atoms with Gasteiger partial charge in [-0.15, -0.1) is 0 Å². The maximum Gasteiger partial charge on any atom is 0.216 e. The van der Waals surface area contributed by atoms with Crippen LogP contribution in [0.5, 0.6) is 0 Å². The predicted molar refractivity (Wildman–Crippen MR) is 64.4 cm³/mol. The van der Waals surface area contributed by atoms with E-state index in [0.717, 1.165) is 25.7 Å². The Kier molecular flexibility index (Phi) is 4.41. The van der Waals surface area contributed by atoms with Crippen LogP contribution in [0.25, 0.3) is 0 Å². The normalized spacial score (nSPS) is 31.1. The van der Waals surface area contributed by atoms with E-state index in [1.807, 2.05) is 0 Å². The van der Waals surface area contributed by atoms with Crippen LogP contribution in [0.15, 0.2) is 0 Å². The molecule has 1 heterocycles. The minimum Gasteiger partial charge on any atom is -0.384 e. The van der Waals surface area contributed by atoms with Crippen molar-refractivity contribution in [2.75, 3.05) is 32.6 Å². The van der Waals surface area contributed by atoms with Crippen molar-refractivity contribution in [3.05, 3.63) is 0 Å². The molecule has 100 valence electrons. The van der Waals surface area contributed by atoms with E-state index >= 15 is 0 Å². The Labute approximate surface area is 103 Å². The molecule has 0 aromatic heterocycles. The SMILES string of the molecule is COCCS(=O)(=O)N1CCO[C@H]2CCCC[C@@H]21. The minimum absolute atomic E-state index is 0.0550. The van der Waals surface area contributed by atoms with Gasteiger partial charge >= 0.3 is 0 Å². The quantitative estimate of drug-likeness (QED) is 0.745. The molecule has 2 rings (SSSR count). The van der Waals surface area contributed by atoms with Crippen molar-refractivity contribution in [1.82, 2.24) is 4.31 Å². The summed E-state index contributed by atoms with van der Waals surface area (Å²) in [6.07, 6.45) is 4.26. The largest absolute Gasteiger partial charge is 0.384 e. The molecule has 17 heavy (non-hydrogen) atoms. The van der Waals surface area contributed by atoms with Gasteiger partial charge in [0, 0.05) is 13.7 Å². The Morgan fingerprint density at radius 3 is 2.88 bits per heavy atom. The zero-order valence-corrected chi connectivity index (χ0v) is 11.1. The third kappa shape index (κ3) is 2.99. The highest BCUT2D eigenvalue weighted by molar-refractivity contribution is 7.89. The second kappa shape index (κ2) is 5.65. The summed E-state index contributed by atoms with van der Waals surface area (Å²) in [5.74, 6) is 0.0761. The molecular weight excluding hydrogens is 242 g/mol. The van der Waals surface area contributed by atoms with Gasteiger partial charge in [-0.2, -0.15) is 4.31 Å². The minimum atomic E-state index is -3.19. The van der Waals surface area contributed by atoms with E-state index in [2.05, 4.69) is 0 Å². The second-order valence-corrected chi connectivity index (χ2v) is 6.72. The second-order valence-electron chi connectivity index (χ2n) is 4.68. The van der Waals surface area contributed by atoms with Crippen molar-refractivity contribution in [3.8, 4) is 0 Å². The van der Waals surface area contributed by atoms with Gasteiger partial charge in [-0.25, -0.2) is 8.42 Å². The van der Waals surface area contributed by atoms with E-state index in [1.54, 1.807) is 4.31 Å². The number of sulfonamides is 1. The Morgan fingerprint density at radius 1 is 1.35 bits per heavy atom.